The minimum atomic E-state index is 0.0354. The number of rotatable bonds is 4. The highest BCUT2D eigenvalue weighted by atomic mass is 16.5. The molecule has 28 heavy (non-hydrogen) atoms. The predicted molar refractivity (Wildman–Crippen MR) is 110 cm³/mol. The molecule has 0 N–H and O–H groups in total. The van der Waals surface area contributed by atoms with Crippen molar-refractivity contribution in [2.45, 2.75) is 25.9 Å². The zero-order chi connectivity index (χ0) is 19.5. The first-order chi connectivity index (χ1) is 13.7. The first kappa shape index (κ1) is 18.4. The van der Waals surface area contributed by atoms with Gasteiger partial charge in [-0.2, -0.15) is 5.10 Å². The number of piperidine rings is 1. The van der Waals surface area contributed by atoms with E-state index in [1.807, 2.05) is 53.6 Å². The summed E-state index contributed by atoms with van der Waals surface area (Å²) in [5.74, 6) is 0.0354. The normalized spacial score (nSPS) is 15.0. The van der Waals surface area contributed by atoms with Crippen LogP contribution in [-0.2, 0) is 4.74 Å². The zero-order valence-corrected chi connectivity index (χ0v) is 16.3. The van der Waals surface area contributed by atoms with Crippen molar-refractivity contribution in [3.63, 3.8) is 0 Å². The maximum atomic E-state index is 13.4. The van der Waals surface area contributed by atoms with Crippen molar-refractivity contribution in [2.24, 2.45) is 0 Å². The highest BCUT2D eigenvalue weighted by Crippen LogP contribution is 2.27. The summed E-state index contributed by atoms with van der Waals surface area (Å²) in [5.41, 5.74) is 4.42. The van der Waals surface area contributed by atoms with Crippen LogP contribution >= 0.6 is 0 Å². The fourth-order valence-corrected chi connectivity index (χ4v) is 3.71. The first-order valence-electron chi connectivity index (χ1n) is 9.70. The van der Waals surface area contributed by atoms with Crippen molar-refractivity contribution in [3.8, 4) is 16.9 Å². The number of nitrogens with zero attached hydrogens (tertiary/aromatic N) is 3. The van der Waals surface area contributed by atoms with Crippen LogP contribution in [0.1, 0.15) is 28.8 Å². The number of carbonyl (C=O) groups is 1. The molecule has 0 spiro atoms. The second-order valence-corrected chi connectivity index (χ2v) is 7.27. The summed E-state index contributed by atoms with van der Waals surface area (Å²) in [6, 6.07) is 18.0. The molecule has 1 saturated heterocycles. The van der Waals surface area contributed by atoms with Gasteiger partial charge < -0.3 is 9.64 Å². The smallest absolute Gasteiger partial charge is 0.257 e. The minimum absolute atomic E-state index is 0.0354. The van der Waals surface area contributed by atoms with Gasteiger partial charge in [0.25, 0.3) is 5.91 Å². The van der Waals surface area contributed by atoms with Crippen LogP contribution in [0.3, 0.4) is 0 Å². The second-order valence-electron chi connectivity index (χ2n) is 7.27. The Labute approximate surface area is 165 Å². The van der Waals surface area contributed by atoms with Crippen LogP contribution in [0.4, 0.5) is 0 Å². The van der Waals surface area contributed by atoms with Crippen LogP contribution in [0.25, 0.3) is 16.9 Å². The summed E-state index contributed by atoms with van der Waals surface area (Å²) >= 11 is 0. The molecule has 144 valence electrons. The Morgan fingerprint density at radius 1 is 1.07 bits per heavy atom. The van der Waals surface area contributed by atoms with Gasteiger partial charge in [0.05, 0.1) is 17.4 Å². The van der Waals surface area contributed by atoms with Crippen molar-refractivity contribution in [1.82, 2.24) is 14.7 Å². The Bertz CT molecular complexity index is 957. The first-order valence-corrected chi connectivity index (χ1v) is 9.70. The number of hydrogen-bond acceptors (Lipinski definition) is 3. The third kappa shape index (κ3) is 3.71. The minimum Gasteiger partial charge on any atom is -0.381 e. The number of carbonyl (C=O) groups excluding carboxylic acids is 1. The third-order valence-electron chi connectivity index (χ3n) is 5.32. The summed E-state index contributed by atoms with van der Waals surface area (Å²) in [4.78, 5) is 15.3. The van der Waals surface area contributed by atoms with E-state index in [1.54, 1.807) is 11.8 Å². The number of para-hydroxylation sites is 1. The standard InChI is InChI=1S/C23H25N3O2/c1-17-7-6-8-18(15-17)22-21(16-26(24-22)19-9-4-3-5-10-19)23(27)25-13-11-20(28-2)12-14-25/h3-10,15-16,20H,11-14H2,1-2H3. The molecule has 1 aromatic heterocycles. The molecule has 1 amide bonds. The average Bonchev–Trinajstić information content (AvgIpc) is 3.19. The Kier molecular flexibility index (Phi) is 5.26. The molecular formula is C23H25N3O2. The second kappa shape index (κ2) is 7.98. The molecule has 1 aliphatic heterocycles. The van der Waals surface area contributed by atoms with Crippen molar-refractivity contribution >= 4 is 5.91 Å². The van der Waals surface area contributed by atoms with Crippen LogP contribution in [-0.4, -0.2) is 46.9 Å². The van der Waals surface area contributed by atoms with Crippen molar-refractivity contribution in [3.05, 3.63) is 71.9 Å². The number of hydrogen-bond donors (Lipinski definition) is 0. The van der Waals surface area contributed by atoms with Crippen LogP contribution in [0.5, 0.6) is 0 Å². The molecule has 2 heterocycles. The number of methoxy groups -OCH3 is 1. The van der Waals surface area contributed by atoms with Gasteiger partial charge in [0.2, 0.25) is 0 Å². The average molecular weight is 375 g/mol. The van der Waals surface area contributed by atoms with Gasteiger partial charge in [-0.15, -0.1) is 0 Å². The summed E-state index contributed by atoms with van der Waals surface area (Å²) in [6.07, 6.45) is 3.84. The maximum absolute atomic E-state index is 13.4. The Balaban J connectivity index is 1.72. The summed E-state index contributed by atoms with van der Waals surface area (Å²) in [5, 5.41) is 4.78. The molecule has 0 saturated carbocycles. The fraction of sp³-hybridized carbons (Fsp3) is 0.304. The van der Waals surface area contributed by atoms with E-state index >= 15 is 0 Å². The van der Waals surface area contributed by atoms with Gasteiger partial charge >= 0.3 is 0 Å². The number of amides is 1. The van der Waals surface area contributed by atoms with Gasteiger partial charge in [-0.3, -0.25) is 4.79 Å². The largest absolute Gasteiger partial charge is 0.381 e. The lowest BCUT2D eigenvalue weighted by molar-refractivity contribution is 0.0351. The summed E-state index contributed by atoms with van der Waals surface area (Å²) in [7, 11) is 1.74. The third-order valence-corrected chi connectivity index (χ3v) is 5.32. The maximum Gasteiger partial charge on any atom is 0.257 e. The number of benzene rings is 2. The van der Waals surface area contributed by atoms with Crippen molar-refractivity contribution < 1.29 is 9.53 Å². The Morgan fingerprint density at radius 2 is 1.82 bits per heavy atom. The summed E-state index contributed by atoms with van der Waals surface area (Å²) in [6.45, 7) is 3.47. The molecule has 4 rings (SSSR count). The molecule has 3 aromatic rings. The lowest BCUT2D eigenvalue weighted by atomic mass is 10.0. The van der Waals surface area contributed by atoms with E-state index in [2.05, 4.69) is 19.1 Å². The molecule has 0 bridgehead atoms. The van der Waals surface area contributed by atoms with E-state index in [1.165, 1.54) is 0 Å². The zero-order valence-electron chi connectivity index (χ0n) is 16.3. The molecule has 1 aliphatic rings. The molecule has 2 aromatic carbocycles. The number of likely N-dealkylation sites (tertiary alicyclic amines) is 1. The highest BCUT2D eigenvalue weighted by molar-refractivity contribution is 6.00. The Hall–Kier alpha value is -2.92. The van der Waals surface area contributed by atoms with Gasteiger partial charge in [-0.25, -0.2) is 4.68 Å². The van der Waals surface area contributed by atoms with E-state index in [0.29, 0.717) is 18.7 Å². The van der Waals surface area contributed by atoms with Gasteiger partial charge in [0.15, 0.2) is 0 Å². The molecule has 5 nitrogen and oxygen atoms in total. The SMILES string of the molecule is COC1CCN(C(=O)c2cn(-c3ccccc3)nc2-c2cccc(C)c2)CC1. The van der Waals surface area contributed by atoms with Gasteiger partial charge in [-0.05, 0) is 38.0 Å². The topological polar surface area (TPSA) is 47.4 Å². The van der Waals surface area contributed by atoms with Crippen molar-refractivity contribution in [1.29, 1.82) is 0 Å². The quantitative estimate of drug-likeness (QED) is 0.690. The lowest BCUT2D eigenvalue weighted by Gasteiger charge is -2.31. The van der Waals surface area contributed by atoms with E-state index < -0.39 is 0 Å². The molecule has 1 fully saturated rings. The van der Waals surface area contributed by atoms with E-state index in [-0.39, 0.29) is 12.0 Å². The summed E-state index contributed by atoms with van der Waals surface area (Å²) < 4.78 is 7.24. The highest BCUT2D eigenvalue weighted by Gasteiger charge is 2.27. The van der Waals surface area contributed by atoms with Gasteiger partial charge in [-0.1, -0.05) is 42.0 Å². The molecule has 0 aliphatic carbocycles. The van der Waals surface area contributed by atoms with E-state index in [4.69, 9.17) is 9.84 Å². The van der Waals surface area contributed by atoms with Gasteiger partial charge in [0.1, 0.15) is 5.69 Å². The lowest BCUT2D eigenvalue weighted by Crippen LogP contribution is -2.40. The Morgan fingerprint density at radius 3 is 2.50 bits per heavy atom. The van der Waals surface area contributed by atoms with Crippen LogP contribution in [0.2, 0.25) is 0 Å². The molecule has 0 atom stereocenters. The molecule has 0 radical (unpaired) electrons. The van der Waals surface area contributed by atoms with Gasteiger partial charge in [0, 0.05) is 32.0 Å². The predicted octanol–water partition coefficient (Wildman–Crippen LogP) is 4.10. The van der Waals surface area contributed by atoms with Crippen LogP contribution in [0.15, 0.2) is 60.8 Å². The molecule has 0 unspecified atom stereocenters. The monoisotopic (exact) mass is 375 g/mol. The van der Waals surface area contributed by atoms with E-state index in [0.717, 1.165) is 35.3 Å². The number of aromatic nitrogens is 2. The van der Waals surface area contributed by atoms with Crippen LogP contribution < -0.4 is 0 Å². The van der Waals surface area contributed by atoms with Crippen molar-refractivity contribution in [2.75, 3.05) is 20.2 Å². The fourth-order valence-electron chi connectivity index (χ4n) is 3.71. The molecule has 5 heteroatoms. The van der Waals surface area contributed by atoms with Crippen LogP contribution in [0, 0.1) is 6.92 Å². The number of ether oxygens (including phenoxy) is 1. The molecular weight excluding hydrogens is 350 g/mol. The number of aryl methyl sites for hydroxylation is 1. The van der Waals surface area contributed by atoms with E-state index in [9.17, 15) is 4.79 Å².